The molecule has 0 unspecified atom stereocenters. The van der Waals surface area contributed by atoms with Crippen LogP contribution in [0.5, 0.6) is 0 Å². The Morgan fingerprint density at radius 1 is 1.19 bits per heavy atom. The van der Waals surface area contributed by atoms with Gasteiger partial charge in [0.1, 0.15) is 10.7 Å². The molecule has 0 atom stereocenters. The molecule has 0 amide bonds. The standard InChI is InChI=1S/C11H20N4O4S2/c1-4-14-20(16,17)8-7-12-11-6-5-10(9-13-11)21(18,19)15(2)3/h5-6,9,14H,4,7-8H2,1-3H3,(H,12,13). The van der Waals surface area contributed by atoms with Crippen LogP contribution in [-0.4, -0.2) is 59.1 Å². The highest BCUT2D eigenvalue weighted by atomic mass is 32.2. The fourth-order valence-corrected chi connectivity index (χ4v) is 3.26. The molecule has 1 aromatic heterocycles. The largest absolute Gasteiger partial charge is 0.369 e. The Balaban J connectivity index is 2.65. The zero-order chi connectivity index (χ0) is 16.1. The van der Waals surface area contributed by atoms with Crippen molar-refractivity contribution in [2.45, 2.75) is 11.8 Å². The van der Waals surface area contributed by atoms with E-state index in [4.69, 9.17) is 0 Å². The van der Waals surface area contributed by atoms with Gasteiger partial charge < -0.3 is 5.32 Å². The number of nitrogens with one attached hydrogen (secondary N) is 2. The quantitative estimate of drug-likeness (QED) is 0.674. The first-order valence-corrected chi connectivity index (χ1v) is 9.38. The van der Waals surface area contributed by atoms with E-state index in [0.717, 1.165) is 4.31 Å². The van der Waals surface area contributed by atoms with E-state index < -0.39 is 20.0 Å². The average Bonchev–Trinajstić information content (AvgIpc) is 2.38. The molecular weight excluding hydrogens is 316 g/mol. The van der Waals surface area contributed by atoms with Crippen LogP contribution in [0.2, 0.25) is 0 Å². The summed E-state index contributed by atoms with van der Waals surface area (Å²) in [5, 5.41) is 2.83. The lowest BCUT2D eigenvalue weighted by Gasteiger charge is -2.11. The third kappa shape index (κ3) is 5.23. The van der Waals surface area contributed by atoms with Crippen molar-refractivity contribution in [1.82, 2.24) is 14.0 Å². The molecule has 0 saturated carbocycles. The summed E-state index contributed by atoms with van der Waals surface area (Å²) in [6.07, 6.45) is 1.23. The lowest BCUT2D eigenvalue weighted by atomic mass is 10.4. The Hall–Kier alpha value is -1.23. The summed E-state index contributed by atoms with van der Waals surface area (Å²) in [6.45, 7) is 2.23. The summed E-state index contributed by atoms with van der Waals surface area (Å²) >= 11 is 0. The predicted octanol–water partition coefficient (Wildman–Crippen LogP) is -0.317. The molecule has 0 fully saturated rings. The van der Waals surface area contributed by atoms with Gasteiger partial charge >= 0.3 is 0 Å². The molecule has 10 heteroatoms. The molecule has 0 aliphatic carbocycles. The monoisotopic (exact) mass is 336 g/mol. The fraction of sp³-hybridized carbons (Fsp3) is 0.545. The average molecular weight is 336 g/mol. The molecule has 8 nitrogen and oxygen atoms in total. The predicted molar refractivity (Wildman–Crippen MR) is 81.1 cm³/mol. The first kappa shape index (κ1) is 17.8. The topological polar surface area (TPSA) is 108 Å². The summed E-state index contributed by atoms with van der Waals surface area (Å²) in [4.78, 5) is 4.04. The third-order valence-corrected chi connectivity index (χ3v) is 5.82. The number of rotatable bonds is 8. The van der Waals surface area contributed by atoms with Crippen molar-refractivity contribution in [2.75, 3.05) is 38.3 Å². The highest BCUT2D eigenvalue weighted by Gasteiger charge is 2.17. The van der Waals surface area contributed by atoms with Gasteiger partial charge in [0.25, 0.3) is 0 Å². The molecular formula is C11H20N4O4S2. The molecule has 1 aromatic rings. The van der Waals surface area contributed by atoms with Gasteiger partial charge in [-0.05, 0) is 12.1 Å². The number of aromatic nitrogens is 1. The van der Waals surface area contributed by atoms with Gasteiger partial charge in [0.05, 0.1) is 5.75 Å². The third-order valence-electron chi connectivity index (χ3n) is 2.56. The maximum Gasteiger partial charge on any atom is 0.244 e. The molecule has 0 spiro atoms. The Kier molecular flexibility index (Phi) is 6.08. The minimum atomic E-state index is -3.51. The highest BCUT2D eigenvalue weighted by molar-refractivity contribution is 7.89. The number of hydrogen-bond donors (Lipinski definition) is 2. The first-order chi connectivity index (χ1) is 9.69. The molecule has 120 valence electrons. The van der Waals surface area contributed by atoms with Crippen molar-refractivity contribution in [3.8, 4) is 0 Å². The van der Waals surface area contributed by atoms with Crippen molar-refractivity contribution in [3.63, 3.8) is 0 Å². The first-order valence-electron chi connectivity index (χ1n) is 6.29. The normalized spacial score (nSPS) is 12.6. The molecule has 0 aromatic carbocycles. The molecule has 0 saturated heterocycles. The van der Waals surface area contributed by atoms with Crippen molar-refractivity contribution in [1.29, 1.82) is 0 Å². The van der Waals surface area contributed by atoms with E-state index in [0.29, 0.717) is 12.4 Å². The number of nitrogens with zero attached hydrogens (tertiary/aromatic N) is 2. The number of sulfonamides is 2. The second-order valence-electron chi connectivity index (χ2n) is 4.41. The molecule has 0 bridgehead atoms. The summed E-state index contributed by atoms with van der Waals surface area (Å²) in [6, 6.07) is 2.92. The van der Waals surface area contributed by atoms with Gasteiger partial charge in [-0.3, -0.25) is 0 Å². The summed E-state index contributed by atoms with van der Waals surface area (Å²) < 4.78 is 50.0. The van der Waals surface area contributed by atoms with Gasteiger partial charge in [-0.2, -0.15) is 0 Å². The van der Waals surface area contributed by atoms with Gasteiger partial charge in [-0.1, -0.05) is 6.92 Å². The van der Waals surface area contributed by atoms with Crippen LogP contribution in [0, 0.1) is 0 Å². The highest BCUT2D eigenvalue weighted by Crippen LogP contribution is 2.13. The Morgan fingerprint density at radius 2 is 1.86 bits per heavy atom. The van der Waals surface area contributed by atoms with Gasteiger partial charge in [-0.15, -0.1) is 0 Å². The van der Waals surface area contributed by atoms with E-state index in [-0.39, 0.29) is 17.2 Å². The van der Waals surface area contributed by atoms with Crippen molar-refractivity contribution >= 4 is 25.9 Å². The zero-order valence-corrected chi connectivity index (χ0v) is 13.8. The van der Waals surface area contributed by atoms with Gasteiger partial charge in [0, 0.05) is 33.4 Å². The van der Waals surface area contributed by atoms with Crippen LogP contribution in [0.25, 0.3) is 0 Å². The minimum absolute atomic E-state index is 0.0818. The van der Waals surface area contributed by atoms with E-state index in [9.17, 15) is 16.8 Å². The van der Waals surface area contributed by atoms with E-state index in [1.165, 1.54) is 32.4 Å². The maximum absolute atomic E-state index is 11.8. The van der Waals surface area contributed by atoms with Crippen molar-refractivity contribution in [3.05, 3.63) is 18.3 Å². The van der Waals surface area contributed by atoms with Crippen LogP contribution in [0.3, 0.4) is 0 Å². The van der Waals surface area contributed by atoms with Crippen molar-refractivity contribution < 1.29 is 16.8 Å². The summed E-state index contributed by atoms with van der Waals surface area (Å²) in [7, 11) is -3.92. The fourth-order valence-electron chi connectivity index (χ4n) is 1.45. The number of pyridine rings is 1. The van der Waals surface area contributed by atoms with Crippen LogP contribution >= 0.6 is 0 Å². The Labute approximate surface area is 125 Å². The SMILES string of the molecule is CCNS(=O)(=O)CCNc1ccc(S(=O)(=O)N(C)C)cn1. The van der Waals surface area contributed by atoms with Gasteiger partial charge in [0.15, 0.2) is 0 Å². The molecule has 0 radical (unpaired) electrons. The molecule has 1 rings (SSSR count). The molecule has 2 N–H and O–H groups in total. The van der Waals surface area contributed by atoms with Gasteiger partial charge in [0.2, 0.25) is 20.0 Å². The number of anilines is 1. The summed E-state index contributed by atoms with van der Waals surface area (Å²) in [5.74, 6) is 0.333. The molecule has 0 aliphatic rings. The molecule has 21 heavy (non-hydrogen) atoms. The number of hydrogen-bond acceptors (Lipinski definition) is 6. The lowest BCUT2D eigenvalue weighted by molar-refractivity contribution is 0.520. The van der Waals surface area contributed by atoms with E-state index in [1.54, 1.807) is 6.92 Å². The second-order valence-corrected chi connectivity index (χ2v) is 8.49. The Bertz CT molecular complexity index is 654. The van der Waals surface area contributed by atoms with E-state index in [1.807, 2.05) is 0 Å². The lowest BCUT2D eigenvalue weighted by Crippen LogP contribution is -2.29. The summed E-state index contributed by atoms with van der Waals surface area (Å²) in [5.41, 5.74) is 0. The van der Waals surface area contributed by atoms with E-state index >= 15 is 0 Å². The Morgan fingerprint density at radius 3 is 2.33 bits per heavy atom. The maximum atomic E-state index is 11.8. The molecule has 1 heterocycles. The van der Waals surface area contributed by atoms with Crippen LogP contribution in [0.1, 0.15) is 6.92 Å². The minimum Gasteiger partial charge on any atom is -0.369 e. The zero-order valence-electron chi connectivity index (χ0n) is 12.2. The van der Waals surface area contributed by atoms with Crippen LogP contribution in [0.15, 0.2) is 23.2 Å². The van der Waals surface area contributed by atoms with Crippen molar-refractivity contribution in [2.24, 2.45) is 0 Å². The second kappa shape index (κ2) is 7.16. The van der Waals surface area contributed by atoms with Crippen LogP contribution < -0.4 is 10.0 Å². The van der Waals surface area contributed by atoms with Gasteiger partial charge in [-0.25, -0.2) is 30.8 Å². The van der Waals surface area contributed by atoms with Crippen LogP contribution in [0.4, 0.5) is 5.82 Å². The van der Waals surface area contributed by atoms with E-state index in [2.05, 4.69) is 15.0 Å². The molecule has 0 aliphatic heterocycles. The van der Waals surface area contributed by atoms with Crippen LogP contribution in [-0.2, 0) is 20.0 Å². The smallest absolute Gasteiger partial charge is 0.244 e.